The summed E-state index contributed by atoms with van der Waals surface area (Å²) in [6.07, 6.45) is 0.284. The Kier molecular flexibility index (Phi) is 8.45. The molecule has 2 aromatic rings. The number of sulfonamides is 1. The van der Waals surface area contributed by atoms with Crippen LogP contribution in [-0.2, 0) is 20.5 Å². The molecule has 0 bridgehead atoms. The van der Waals surface area contributed by atoms with Gasteiger partial charge in [-0.2, -0.15) is 4.31 Å². The monoisotopic (exact) mass is 449 g/mol. The predicted octanol–water partition coefficient (Wildman–Crippen LogP) is 2.14. The van der Waals surface area contributed by atoms with E-state index in [0.717, 1.165) is 17.7 Å². The molecule has 0 radical (unpaired) electrons. The highest BCUT2D eigenvalue weighted by Gasteiger charge is 2.40. The van der Waals surface area contributed by atoms with E-state index >= 15 is 0 Å². The van der Waals surface area contributed by atoms with Crippen molar-refractivity contribution in [2.24, 2.45) is 0 Å². The van der Waals surface area contributed by atoms with E-state index in [0.29, 0.717) is 25.2 Å². The van der Waals surface area contributed by atoms with Crippen molar-refractivity contribution in [1.82, 2.24) is 4.31 Å². The third-order valence-electron chi connectivity index (χ3n) is 5.59. The zero-order valence-electron chi connectivity index (χ0n) is 17.8. The molecule has 1 heterocycles. The van der Waals surface area contributed by atoms with Crippen LogP contribution in [0.2, 0.25) is 0 Å². The van der Waals surface area contributed by atoms with Gasteiger partial charge in [0, 0.05) is 38.6 Å². The summed E-state index contributed by atoms with van der Waals surface area (Å²) < 4.78 is 37.9. The van der Waals surface area contributed by atoms with Crippen molar-refractivity contribution in [2.45, 2.75) is 36.7 Å². The van der Waals surface area contributed by atoms with Crippen molar-refractivity contribution >= 4 is 10.0 Å². The molecular weight excluding hydrogens is 418 g/mol. The number of benzene rings is 2. The second-order valence-electron chi connectivity index (χ2n) is 7.82. The maximum atomic E-state index is 13.0. The van der Waals surface area contributed by atoms with Gasteiger partial charge < -0.3 is 19.7 Å². The average Bonchev–Trinajstić information content (AvgIpc) is 2.77. The van der Waals surface area contributed by atoms with Crippen LogP contribution in [0.5, 0.6) is 5.75 Å². The fourth-order valence-electron chi connectivity index (χ4n) is 3.97. The first-order valence-electron chi connectivity index (χ1n) is 10.5. The highest BCUT2D eigenvalue weighted by molar-refractivity contribution is 7.88. The molecule has 0 amide bonds. The zero-order chi connectivity index (χ0) is 22.3. The van der Waals surface area contributed by atoms with E-state index in [1.807, 2.05) is 30.3 Å². The zero-order valence-corrected chi connectivity index (χ0v) is 18.6. The van der Waals surface area contributed by atoms with E-state index < -0.39 is 22.2 Å². The summed E-state index contributed by atoms with van der Waals surface area (Å²) in [6.45, 7) is 0.858. The van der Waals surface area contributed by atoms with Crippen LogP contribution in [0, 0.1) is 0 Å². The molecule has 0 spiro atoms. The van der Waals surface area contributed by atoms with Crippen molar-refractivity contribution in [3.63, 3.8) is 0 Å². The van der Waals surface area contributed by atoms with Gasteiger partial charge in [0.15, 0.2) is 0 Å². The van der Waals surface area contributed by atoms with E-state index in [4.69, 9.17) is 9.47 Å². The van der Waals surface area contributed by atoms with E-state index in [1.54, 1.807) is 31.4 Å². The number of β-amino-alcohol motifs (C(OH)–C–C–N with tert-alkyl or cyclic N) is 1. The molecule has 7 nitrogen and oxygen atoms in total. The van der Waals surface area contributed by atoms with Gasteiger partial charge in [-0.05, 0) is 29.7 Å². The fourth-order valence-corrected chi connectivity index (χ4v) is 5.73. The summed E-state index contributed by atoms with van der Waals surface area (Å²) in [4.78, 5) is 0. The Morgan fingerprint density at radius 3 is 2.42 bits per heavy atom. The van der Waals surface area contributed by atoms with Gasteiger partial charge in [-0.3, -0.25) is 0 Å². The van der Waals surface area contributed by atoms with Crippen LogP contribution in [0.15, 0.2) is 54.6 Å². The second-order valence-corrected chi connectivity index (χ2v) is 9.74. The molecule has 170 valence electrons. The van der Waals surface area contributed by atoms with Crippen LogP contribution in [0.3, 0.4) is 0 Å². The lowest BCUT2D eigenvalue weighted by atomic mass is 9.84. The van der Waals surface area contributed by atoms with Gasteiger partial charge in [-0.15, -0.1) is 0 Å². The van der Waals surface area contributed by atoms with Gasteiger partial charge in [0.05, 0.1) is 25.1 Å². The number of rotatable bonds is 10. The van der Waals surface area contributed by atoms with Crippen molar-refractivity contribution in [2.75, 3.05) is 33.5 Å². The van der Waals surface area contributed by atoms with Crippen molar-refractivity contribution < 1.29 is 28.1 Å². The predicted molar refractivity (Wildman–Crippen MR) is 118 cm³/mol. The van der Waals surface area contributed by atoms with Crippen molar-refractivity contribution in [3.05, 3.63) is 65.7 Å². The fraction of sp³-hybridized carbons (Fsp3) is 0.478. The lowest BCUT2D eigenvalue weighted by Gasteiger charge is -2.41. The third-order valence-corrected chi connectivity index (χ3v) is 7.45. The van der Waals surface area contributed by atoms with E-state index in [-0.39, 0.29) is 24.8 Å². The van der Waals surface area contributed by atoms with Gasteiger partial charge in [-0.1, -0.05) is 42.5 Å². The minimum absolute atomic E-state index is 0.0413. The van der Waals surface area contributed by atoms with Crippen molar-refractivity contribution in [3.8, 4) is 5.75 Å². The molecule has 31 heavy (non-hydrogen) atoms. The molecule has 0 saturated carbocycles. The molecule has 1 saturated heterocycles. The summed E-state index contributed by atoms with van der Waals surface area (Å²) in [5.41, 5.74) is 1.58. The molecule has 3 atom stereocenters. The Morgan fingerprint density at radius 2 is 1.77 bits per heavy atom. The summed E-state index contributed by atoms with van der Waals surface area (Å²) >= 11 is 0. The summed E-state index contributed by atoms with van der Waals surface area (Å²) in [6, 6.07) is 15.8. The molecule has 1 fully saturated rings. The van der Waals surface area contributed by atoms with E-state index in [1.165, 1.54) is 4.31 Å². The Balaban J connectivity index is 1.67. The number of ether oxygens (including phenoxy) is 2. The Labute approximate surface area is 184 Å². The van der Waals surface area contributed by atoms with Gasteiger partial charge in [0.25, 0.3) is 0 Å². The number of aliphatic hydroxyl groups excluding tert-OH is 2. The highest BCUT2D eigenvalue weighted by atomic mass is 32.2. The lowest BCUT2D eigenvalue weighted by molar-refractivity contribution is 0.0404. The smallest absolute Gasteiger partial charge is 0.218 e. The topological polar surface area (TPSA) is 96.3 Å². The molecule has 1 aliphatic rings. The number of methoxy groups -OCH3 is 1. The quantitative estimate of drug-likeness (QED) is 0.540. The molecule has 0 unspecified atom stereocenters. The van der Waals surface area contributed by atoms with Crippen LogP contribution in [-0.4, -0.2) is 68.6 Å². The molecule has 2 N–H and O–H groups in total. The SMILES string of the molecule is COCCCOc1ccc([C@H]2C[C@@H](CO)N(S(=O)(=O)Cc3ccccc3)C[C@@H]2O)cc1. The number of aliphatic hydroxyl groups is 2. The molecule has 0 aromatic heterocycles. The van der Waals surface area contributed by atoms with Gasteiger partial charge in [0.2, 0.25) is 10.0 Å². The van der Waals surface area contributed by atoms with E-state index in [2.05, 4.69) is 0 Å². The summed E-state index contributed by atoms with van der Waals surface area (Å²) in [7, 11) is -2.02. The third kappa shape index (κ3) is 6.27. The highest BCUT2D eigenvalue weighted by Crippen LogP contribution is 2.34. The minimum Gasteiger partial charge on any atom is -0.494 e. The molecule has 0 aliphatic carbocycles. The first-order chi connectivity index (χ1) is 14.9. The van der Waals surface area contributed by atoms with E-state index in [9.17, 15) is 18.6 Å². The lowest BCUT2D eigenvalue weighted by Crippen LogP contribution is -2.53. The van der Waals surface area contributed by atoms with Gasteiger partial charge >= 0.3 is 0 Å². The Bertz CT molecular complexity index is 903. The van der Waals surface area contributed by atoms with Gasteiger partial charge in [0.1, 0.15) is 5.75 Å². The van der Waals surface area contributed by atoms with Crippen molar-refractivity contribution in [1.29, 1.82) is 0 Å². The minimum atomic E-state index is -3.67. The standard InChI is InChI=1S/C23H31NO6S/c1-29-12-5-13-30-21-10-8-19(9-11-21)22-14-20(16-25)24(15-23(22)26)31(27,28)17-18-6-3-2-4-7-18/h2-4,6-11,20,22-23,25-26H,5,12-17H2,1H3/t20-,22+,23-/m0/s1. The summed E-state index contributed by atoms with van der Waals surface area (Å²) in [5, 5.41) is 20.7. The summed E-state index contributed by atoms with van der Waals surface area (Å²) in [5.74, 6) is 0.315. The molecule has 3 rings (SSSR count). The largest absolute Gasteiger partial charge is 0.494 e. The Morgan fingerprint density at radius 1 is 1.06 bits per heavy atom. The van der Waals surface area contributed by atoms with Crippen LogP contribution in [0.1, 0.15) is 29.9 Å². The Hall–Kier alpha value is -1.97. The molecule has 2 aromatic carbocycles. The average molecular weight is 450 g/mol. The van der Waals surface area contributed by atoms with Gasteiger partial charge in [-0.25, -0.2) is 8.42 Å². The second kappa shape index (κ2) is 11.1. The first-order valence-corrected chi connectivity index (χ1v) is 12.1. The number of piperidine rings is 1. The molecular formula is C23H31NO6S. The molecule has 1 aliphatic heterocycles. The molecule has 8 heteroatoms. The number of hydrogen-bond acceptors (Lipinski definition) is 6. The first kappa shape index (κ1) is 23.7. The van der Waals surface area contributed by atoms with Crippen LogP contribution >= 0.6 is 0 Å². The maximum absolute atomic E-state index is 13.0. The number of hydrogen-bond donors (Lipinski definition) is 2. The van der Waals surface area contributed by atoms with Crippen LogP contribution < -0.4 is 4.74 Å². The maximum Gasteiger partial charge on any atom is 0.218 e. The number of nitrogens with zero attached hydrogens (tertiary/aromatic N) is 1. The normalized spacial score (nSPS) is 22.4. The van der Waals surface area contributed by atoms with Crippen LogP contribution in [0.4, 0.5) is 0 Å². The van der Waals surface area contributed by atoms with Crippen LogP contribution in [0.25, 0.3) is 0 Å².